The van der Waals surface area contributed by atoms with E-state index in [9.17, 15) is 0 Å². The Morgan fingerprint density at radius 2 is 2.29 bits per heavy atom. The molecule has 0 radical (unpaired) electrons. The summed E-state index contributed by atoms with van der Waals surface area (Å²) in [6, 6.07) is 5.74. The fourth-order valence-electron chi connectivity index (χ4n) is 3.45. The van der Waals surface area contributed by atoms with Crippen LogP contribution < -0.4 is 4.57 Å². The molecule has 102 valence electrons. The molecule has 0 amide bonds. The number of nitrogens with zero attached hydrogens (tertiary/aromatic N) is 5. The van der Waals surface area contributed by atoms with Crippen LogP contribution in [0.2, 0.25) is 0 Å². The van der Waals surface area contributed by atoms with Gasteiger partial charge in [0.15, 0.2) is 5.52 Å². The second-order valence-corrected chi connectivity index (χ2v) is 5.38. The normalized spacial score (nSPS) is 15.8. The van der Waals surface area contributed by atoms with Crippen LogP contribution in [0.25, 0.3) is 33.6 Å². The van der Waals surface area contributed by atoms with E-state index in [1.165, 1.54) is 4.57 Å². The second-order valence-electron chi connectivity index (χ2n) is 5.38. The van der Waals surface area contributed by atoms with Gasteiger partial charge >= 0.3 is 0 Å². The molecule has 0 aliphatic carbocycles. The van der Waals surface area contributed by atoms with E-state index in [1.807, 2.05) is 17.7 Å². The zero-order valence-electron chi connectivity index (χ0n) is 14.4. The molecule has 5 nitrogen and oxygen atoms in total. The molecule has 0 aromatic carbocycles. The standard InChI is InChI=1S/C16H14N5/c1-19-12-5-7-17-8-11(12)14-16(19)20(2)15-13-10(9-21(14)15)4-3-6-18-13/h3-8H,9H2,1-2H3/q+1/i1D3. The van der Waals surface area contributed by atoms with E-state index < -0.39 is 6.98 Å². The predicted molar refractivity (Wildman–Crippen MR) is 79.7 cm³/mol. The highest BCUT2D eigenvalue weighted by atomic mass is 15.2. The van der Waals surface area contributed by atoms with Crippen molar-refractivity contribution < 1.29 is 8.68 Å². The number of pyridine rings is 2. The van der Waals surface area contributed by atoms with Crippen molar-refractivity contribution in [2.45, 2.75) is 6.54 Å². The van der Waals surface area contributed by atoms with Crippen molar-refractivity contribution in [2.75, 3.05) is 0 Å². The molecule has 0 unspecified atom stereocenters. The summed E-state index contributed by atoms with van der Waals surface area (Å²) in [5.74, 6) is 0.930. The van der Waals surface area contributed by atoms with Crippen LogP contribution >= 0.6 is 0 Å². The van der Waals surface area contributed by atoms with Crippen LogP contribution in [-0.2, 0) is 20.6 Å². The maximum Gasteiger partial charge on any atom is 0.269 e. The van der Waals surface area contributed by atoms with E-state index in [1.54, 1.807) is 24.7 Å². The number of imidazole rings is 1. The second kappa shape index (κ2) is 3.49. The maximum atomic E-state index is 7.99. The molecule has 0 bridgehead atoms. The zero-order chi connectivity index (χ0) is 16.6. The lowest BCUT2D eigenvalue weighted by Crippen LogP contribution is -2.31. The monoisotopic (exact) mass is 279 g/mol. The molecule has 1 aliphatic rings. The first-order valence-corrected chi connectivity index (χ1v) is 6.80. The molecule has 5 heteroatoms. The molecule has 0 spiro atoms. The summed E-state index contributed by atoms with van der Waals surface area (Å²) < 4.78 is 29.5. The summed E-state index contributed by atoms with van der Waals surface area (Å²) >= 11 is 0. The first-order chi connectivity index (χ1) is 11.5. The van der Waals surface area contributed by atoms with Crippen LogP contribution in [0.15, 0.2) is 36.8 Å². The Morgan fingerprint density at radius 1 is 1.33 bits per heavy atom. The molecule has 0 saturated carbocycles. The van der Waals surface area contributed by atoms with Crippen molar-refractivity contribution in [3.8, 4) is 11.5 Å². The number of aromatic nitrogens is 5. The van der Waals surface area contributed by atoms with Gasteiger partial charge in [0.1, 0.15) is 11.2 Å². The highest BCUT2D eigenvalue weighted by Crippen LogP contribution is 2.35. The lowest BCUT2D eigenvalue weighted by molar-refractivity contribution is -0.636. The van der Waals surface area contributed by atoms with Crippen molar-refractivity contribution in [3.63, 3.8) is 0 Å². The molecular formula is C16H14N5+. The number of rotatable bonds is 0. The molecule has 21 heavy (non-hydrogen) atoms. The van der Waals surface area contributed by atoms with Gasteiger partial charge in [0.25, 0.3) is 11.5 Å². The molecule has 0 fully saturated rings. The Bertz CT molecular complexity index is 1140. The molecule has 4 aromatic heterocycles. The van der Waals surface area contributed by atoms with Gasteiger partial charge in [0, 0.05) is 24.2 Å². The Morgan fingerprint density at radius 3 is 3.19 bits per heavy atom. The molecule has 4 aromatic rings. The van der Waals surface area contributed by atoms with Crippen LogP contribution in [-0.4, -0.2) is 19.1 Å². The van der Waals surface area contributed by atoms with Gasteiger partial charge in [0.2, 0.25) is 0 Å². The van der Waals surface area contributed by atoms with E-state index in [0.717, 1.165) is 28.0 Å². The van der Waals surface area contributed by atoms with Crippen molar-refractivity contribution in [1.82, 2.24) is 19.1 Å². The summed E-state index contributed by atoms with van der Waals surface area (Å²) in [6.07, 6.45) is 5.14. The molecule has 0 saturated heterocycles. The van der Waals surface area contributed by atoms with E-state index in [-0.39, 0.29) is 0 Å². The fraction of sp³-hybridized carbons (Fsp3) is 0.188. The third-order valence-corrected chi connectivity index (χ3v) is 4.31. The average Bonchev–Trinajstić information content (AvgIpc) is 3.15. The van der Waals surface area contributed by atoms with Crippen molar-refractivity contribution >= 4 is 22.1 Å². The highest BCUT2D eigenvalue weighted by molar-refractivity contribution is 6.04. The first-order valence-electron chi connectivity index (χ1n) is 8.30. The van der Waals surface area contributed by atoms with Crippen LogP contribution in [0.5, 0.6) is 0 Å². The Hall–Kier alpha value is -2.69. The number of aryl methyl sites for hydroxylation is 2. The number of fused-ring (bicyclic) bond motifs is 7. The summed E-state index contributed by atoms with van der Waals surface area (Å²) in [5, 5.41) is 0.846. The first kappa shape index (κ1) is 8.56. The van der Waals surface area contributed by atoms with Crippen molar-refractivity contribution in [3.05, 3.63) is 42.4 Å². The topological polar surface area (TPSA) is 39.5 Å². The predicted octanol–water partition coefficient (Wildman–Crippen LogP) is 1.78. The average molecular weight is 279 g/mol. The van der Waals surface area contributed by atoms with Gasteiger partial charge in [-0.1, -0.05) is 6.07 Å². The fourth-order valence-corrected chi connectivity index (χ4v) is 3.45. The smallest absolute Gasteiger partial charge is 0.264 e. The van der Waals surface area contributed by atoms with Crippen LogP contribution in [0.4, 0.5) is 0 Å². The Balaban J connectivity index is 2.02. The SMILES string of the molecule is [2H]C([2H])([2H])n1c2ccncc2c2c1[n+](C)c1n2Cc2cccnc2-1. The summed E-state index contributed by atoms with van der Waals surface area (Å²) in [7, 11) is 1.90. The van der Waals surface area contributed by atoms with Crippen LogP contribution in [0.1, 0.15) is 9.68 Å². The Kier molecular flexibility index (Phi) is 1.42. The minimum atomic E-state index is -2.27. The molecule has 5 heterocycles. The van der Waals surface area contributed by atoms with Crippen molar-refractivity contribution in [2.24, 2.45) is 14.0 Å². The lowest BCUT2D eigenvalue weighted by atomic mass is 10.2. The van der Waals surface area contributed by atoms with Gasteiger partial charge in [-0.15, -0.1) is 0 Å². The largest absolute Gasteiger partial charge is 0.269 e. The zero-order valence-corrected chi connectivity index (χ0v) is 11.4. The molecule has 5 rings (SSSR count). The summed E-state index contributed by atoms with van der Waals surface area (Å²) in [6.45, 7) is -1.58. The van der Waals surface area contributed by atoms with E-state index in [0.29, 0.717) is 17.7 Å². The summed E-state index contributed by atoms with van der Waals surface area (Å²) in [4.78, 5) is 8.71. The maximum absolute atomic E-state index is 7.99. The van der Waals surface area contributed by atoms with Gasteiger partial charge in [-0.25, -0.2) is 14.1 Å². The lowest BCUT2D eigenvalue weighted by Gasteiger charge is -1.97. The summed E-state index contributed by atoms with van der Waals surface area (Å²) in [5.41, 5.74) is 4.29. The van der Waals surface area contributed by atoms with Gasteiger partial charge in [-0.05, 0) is 12.1 Å². The molecule has 0 N–H and O–H groups in total. The van der Waals surface area contributed by atoms with E-state index in [4.69, 9.17) is 4.11 Å². The third-order valence-electron chi connectivity index (χ3n) is 4.31. The van der Waals surface area contributed by atoms with Gasteiger partial charge in [-0.3, -0.25) is 9.55 Å². The molecule has 0 atom stereocenters. The quantitative estimate of drug-likeness (QED) is 0.405. The van der Waals surface area contributed by atoms with Crippen LogP contribution in [0, 0.1) is 0 Å². The number of hydrogen-bond donors (Lipinski definition) is 0. The molecular weight excluding hydrogens is 262 g/mol. The Labute approximate surface area is 125 Å². The van der Waals surface area contributed by atoms with Gasteiger partial charge in [0.05, 0.1) is 30.1 Å². The van der Waals surface area contributed by atoms with E-state index in [2.05, 4.69) is 20.6 Å². The minimum absolute atomic E-state index is 0.671. The van der Waals surface area contributed by atoms with Gasteiger partial charge < -0.3 is 0 Å². The number of hydrogen-bond acceptors (Lipinski definition) is 2. The van der Waals surface area contributed by atoms with Crippen LogP contribution in [0.3, 0.4) is 0 Å². The van der Waals surface area contributed by atoms with Gasteiger partial charge in [-0.2, -0.15) is 0 Å². The molecule has 1 aliphatic heterocycles. The highest BCUT2D eigenvalue weighted by Gasteiger charge is 2.35. The minimum Gasteiger partial charge on any atom is -0.264 e. The third kappa shape index (κ3) is 1.15. The van der Waals surface area contributed by atoms with E-state index >= 15 is 0 Å². The van der Waals surface area contributed by atoms with Crippen molar-refractivity contribution in [1.29, 1.82) is 0 Å².